The third kappa shape index (κ3) is 2.99. The van der Waals surface area contributed by atoms with Crippen molar-refractivity contribution >= 4 is 11.7 Å². The number of benzene rings is 1. The maximum absolute atomic E-state index is 10.5. The summed E-state index contributed by atoms with van der Waals surface area (Å²) in [5.41, 5.74) is 9.04. The summed E-state index contributed by atoms with van der Waals surface area (Å²) in [7, 11) is 0. The number of allylic oxidation sites excluding steroid dienone is 2. The number of carbonyl (C=O) groups excluding carboxylic acids is 1. The predicted molar refractivity (Wildman–Crippen MR) is 68.6 cm³/mol. The molecule has 1 aromatic rings. The molecule has 0 radical (unpaired) electrons. The van der Waals surface area contributed by atoms with Gasteiger partial charge in [0, 0.05) is 0 Å². The van der Waals surface area contributed by atoms with Crippen LogP contribution in [0.25, 0.3) is 5.57 Å². The molecule has 18 heavy (non-hydrogen) atoms. The molecular weight excluding hydrogens is 230 g/mol. The Balaban J connectivity index is 2.02. The van der Waals surface area contributed by atoms with Crippen molar-refractivity contribution in [3.8, 4) is 0 Å². The van der Waals surface area contributed by atoms with E-state index in [1.807, 2.05) is 36.4 Å². The highest BCUT2D eigenvalue weighted by molar-refractivity contribution is 5.73. The molecule has 0 aromatic heterocycles. The van der Waals surface area contributed by atoms with Gasteiger partial charge in [-0.1, -0.05) is 36.4 Å². The van der Waals surface area contributed by atoms with Crippen molar-refractivity contribution in [3.63, 3.8) is 0 Å². The van der Waals surface area contributed by atoms with Crippen molar-refractivity contribution in [1.29, 1.82) is 0 Å². The molecule has 0 fully saturated rings. The Morgan fingerprint density at radius 1 is 1.33 bits per heavy atom. The SMILES string of the molecule is NC(=O)OCC1=CCC(c2ccc(CO)cc2)=C1. The predicted octanol–water partition coefficient (Wildman–Crippen LogP) is 1.99. The molecule has 1 aliphatic rings. The van der Waals surface area contributed by atoms with Crippen LogP contribution in [0.15, 0.2) is 42.0 Å². The third-order valence-corrected chi connectivity index (χ3v) is 2.83. The summed E-state index contributed by atoms with van der Waals surface area (Å²) in [5.74, 6) is 0. The smallest absolute Gasteiger partial charge is 0.404 e. The zero-order valence-electron chi connectivity index (χ0n) is 9.93. The van der Waals surface area contributed by atoms with Crippen molar-refractivity contribution in [1.82, 2.24) is 0 Å². The van der Waals surface area contributed by atoms with Crippen LogP contribution < -0.4 is 5.73 Å². The van der Waals surface area contributed by atoms with Crippen molar-refractivity contribution in [2.24, 2.45) is 5.73 Å². The summed E-state index contributed by atoms with van der Waals surface area (Å²) in [4.78, 5) is 10.5. The molecule has 0 bridgehead atoms. The lowest BCUT2D eigenvalue weighted by Gasteiger charge is -2.03. The summed E-state index contributed by atoms with van der Waals surface area (Å²) >= 11 is 0. The van der Waals surface area contributed by atoms with E-state index in [-0.39, 0.29) is 13.2 Å². The fourth-order valence-electron chi connectivity index (χ4n) is 1.86. The van der Waals surface area contributed by atoms with E-state index in [1.165, 1.54) is 5.57 Å². The first-order valence-corrected chi connectivity index (χ1v) is 5.71. The molecule has 2 rings (SSSR count). The minimum atomic E-state index is -0.759. The Labute approximate surface area is 105 Å². The highest BCUT2D eigenvalue weighted by Crippen LogP contribution is 2.27. The fourth-order valence-corrected chi connectivity index (χ4v) is 1.86. The fraction of sp³-hybridized carbons (Fsp3) is 0.214. The van der Waals surface area contributed by atoms with Gasteiger partial charge in [-0.15, -0.1) is 0 Å². The van der Waals surface area contributed by atoms with Crippen molar-refractivity contribution in [2.75, 3.05) is 6.61 Å². The van der Waals surface area contributed by atoms with Gasteiger partial charge in [-0.25, -0.2) is 4.79 Å². The van der Waals surface area contributed by atoms with Crippen LogP contribution >= 0.6 is 0 Å². The first-order valence-electron chi connectivity index (χ1n) is 5.71. The average molecular weight is 245 g/mol. The molecule has 0 spiro atoms. The molecule has 0 heterocycles. The van der Waals surface area contributed by atoms with Crippen LogP contribution in [0.4, 0.5) is 4.79 Å². The molecule has 0 saturated carbocycles. The lowest BCUT2D eigenvalue weighted by Crippen LogP contribution is -2.14. The molecule has 4 heteroatoms. The Bertz CT molecular complexity index is 500. The zero-order chi connectivity index (χ0) is 13.0. The number of aliphatic hydroxyl groups excluding tert-OH is 1. The molecule has 1 aliphatic carbocycles. The quantitative estimate of drug-likeness (QED) is 0.852. The van der Waals surface area contributed by atoms with Crippen LogP contribution in [0.1, 0.15) is 17.5 Å². The zero-order valence-corrected chi connectivity index (χ0v) is 9.93. The maximum atomic E-state index is 10.5. The standard InChI is InChI=1S/C14H15NO3/c15-14(17)18-9-11-3-6-13(7-11)12-4-1-10(8-16)2-5-12/h1-5,7,16H,6,8-9H2,(H2,15,17). The number of hydrogen-bond acceptors (Lipinski definition) is 3. The van der Waals surface area contributed by atoms with E-state index in [1.54, 1.807) is 0 Å². The van der Waals surface area contributed by atoms with Gasteiger partial charge in [0.1, 0.15) is 6.61 Å². The van der Waals surface area contributed by atoms with Crippen LogP contribution in [0.3, 0.4) is 0 Å². The second-order valence-corrected chi connectivity index (χ2v) is 4.12. The Hall–Kier alpha value is -2.07. The Morgan fingerprint density at radius 3 is 2.67 bits per heavy atom. The number of carbonyl (C=O) groups is 1. The van der Waals surface area contributed by atoms with Gasteiger partial charge in [-0.2, -0.15) is 0 Å². The average Bonchev–Trinajstić information content (AvgIpc) is 2.85. The summed E-state index contributed by atoms with van der Waals surface area (Å²) < 4.78 is 4.74. The van der Waals surface area contributed by atoms with Gasteiger partial charge in [-0.3, -0.25) is 0 Å². The molecule has 1 amide bonds. The van der Waals surface area contributed by atoms with E-state index in [9.17, 15) is 4.79 Å². The number of rotatable bonds is 4. The van der Waals surface area contributed by atoms with Crippen molar-refractivity contribution < 1.29 is 14.6 Å². The number of nitrogens with two attached hydrogens (primary N) is 1. The van der Waals surface area contributed by atoms with Crippen molar-refractivity contribution in [2.45, 2.75) is 13.0 Å². The maximum Gasteiger partial charge on any atom is 0.404 e. The van der Waals surface area contributed by atoms with Crippen molar-refractivity contribution in [3.05, 3.63) is 53.1 Å². The highest BCUT2D eigenvalue weighted by Gasteiger charge is 2.09. The van der Waals surface area contributed by atoms with E-state index in [0.29, 0.717) is 0 Å². The number of ether oxygens (including phenoxy) is 1. The summed E-state index contributed by atoms with van der Waals surface area (Å²) in [6, 6.07) is 7.74. The van der Waals surface area contributed by atoms with E-state index in [2.05, 4.69) is 0 Å². The van der Waals surface area contributed by atoms with E-state index in [4.69, 9.17) is 15.6 Å². The number of amides is 1. The van der Waals surface area contributed by atoms with E-state index < -0.39 is 6.09 Å². The normalized spacial score (nSPS) is 14.1. The topological polar surface area (TPSA) is 72.6 Å². The van der Waals surface area contributed by atoms with E-state index in [0.717, 1.165) is 23.1 Å². The second-order valence-electron chi connectivity index (χ2n) is 4.12. The summed E-state index contributed by atoms with van der Waals surface area (Å²) in [6.07, 6.45) is 4.07. The van der Waals surface area contributed by atoms with Gasteiger partial charge in [-0.05, 0) is 28.7 Å². The van der Waals surface area contributed by atoms with Gasteiger partial charge in [0.15, 0.2) is 0 Å². The molecule has 0 atom stereocenters. The monoisotopic (exact) mass is 245 g/mol. The van der Waals surface area contributed by atoms with Crippen LogP contribution in [0, 0.1) is 0 Å². The number of hydrogen-bond donors (Lipinski definition) is 2. The van der Waals surface area contributed by atoms with Crippen LogP contribution in [0.2, 0.25) is 0 Å². The summed E-state index contributed by atoms with van der Waals surface area (Å²) in [6.45, 7) is 0.267. The van der Waals surface area contributed by atoms with Crippen LogP contribution in [-0.2, 0) is 11.3 Å². The number of aliphatic hydroxyl groups is 1. The van der Waals surface area contributed by atoms with Gasteiger partial charge in [0.05, 0.1) is 6.61 Å². The first kappa shape index (κ1) is 12.4. The summed E-state index contributed by atoms with van der Waals surface area (Å²) in [5, 5.41) is 8.97. The highest BCUT2D eigenvalue weighted by atomic mass is 16.5. The lowest BCUT2D eigenvalue weighted by molar-refractivity contribution is 0.167. The lowest BCUT2D eigenvalue weighted by atomic mass is 10.0. The third-order valence-electron chi connectivity index (χ3n) is 2.83. The molecule has 0 saturated heterocycles. The van der Waals surface area contributed by atoms with Gasteiger partial charge in [0.25, 0.3) is 0 Å². The minimum absolute atomic E-state index is 0.0509. The molecular formula is C14H15NO3. The van der Waals surface area contributed by atoms with Crippen LogP contribution in [0.5, 0.6) is 0 Å². The van der Waals surface area contributed by atoms with Crippen LogP contribution in [-0.4, -0.2) is 17.8 Å². The molecule has 1 aromatic carbocycles. The molecule has 4 nitrogen and oxygen atoms in total. The van der Waals surface area contributed by atoms with Gasteiger partial charge < -0.3 is 15.6 Å². The second kappa shape index (κ2) is 5.51. The molecule has 0 aliphatic heterocycles. The largest absolute Gasteiger partial charge is 0.445 e. The van der Waals surface area contributed by atoms with E-state index >= 15 is 0 Å². The molecule has 0 unspecified atom stereocenters. The Morgan fingerprint density at radius 2 is 2.06 bits per heavy atom. The molecule has 3 N–H and O–H groups in total. The molecule has 94 valence electrons. The Kier molecular flexibility index (Phi) is 3.79. The first-order chi connectivity index (χ1) is 8.69. The minimum Gasteiger partial charge on any atom is -0.445 e. The number of primary amides is 1. The van der Waals surface area contributed by atoms with Gasteiger partial charge in [0.2, 0.25) is 0 Å². The van der Waals surface area contributed by atoms with Gasteiger partial charge >= 0.3 is 6.09 Å².